The van der Waals surface area contributed by atoms with Crippen molar-refractivity contribution in [3.05, 3.63) is 33.8 Å². The van der Waals surface area contributed by atoms with Crippen LogP contribution in [-0.2, 0) is 4.79 Å². The molecule has 1 rings (SSSR count). The Kier molecular flexibility index (Phi) is 9.06. The first kappa shape index (κ1) is 23.7. The number of hydrogen-bond donors (Lipinski definition) is 2. The van der Waals surface area contributed by atoms with E-state index in [2.05, 4.69) is 29.4 Å². The Hall–Kier alpha value is -1.30. The number of amides is 2. The second kappa shape index (κ2) is 10.3. The van der Waals surface area contributed by atoms with Crippen LogP contribution in [0.2, 0.25) is 10.0 Å². The normalized spacial score (nSPS) is 13.0. The molecule has 0 aliphatic carbocycles. The van der Waals surface area contributed by atoms with Crippen LogP contribution in [0.1, 0.15) is 44.5 Å². The molecule has 0 aliphatic heterocycles. The fraction of sp³-hybridized carbons (Fsp3) is 0.600. The average molecular weight is 416 g/mol. The standard InChI is InChI=1S/C20H31Cl2N3O2/c1-13(2)9-17(19(27)23-11-20(3,4)12-25(5)6)24-18(26)15-8-7-14(21)10-16(15)22/h7-8,10,13,17H,9,11-12H2,1-6H3,(H,23,27)(H,24,26). The average Bonchev–Trinajstić information content (AvgIpc) is 2.50. The monoisotopic (exact) mass is 415 g/mol. The highest BCUT2D eigenvalue weighted by Gasteiger charge is 2.26. The van der Waals surface area contributed by atoms with E-state index in [1.165, 1.54) is 6.07 Å². The van der Waals surface area contributed by atoms with E-state index in [0.717, 1.165) is 6.54 Å². The number of rotatable bonds is 9. The first-order chi connectivity index (χ1) is 12.4. The molecule has 0 heterocycles. The van der Waals surface area contributed by atoms with E-state index in [4.69, 9.17) is 23.2 Å². The molecule has 0 saturated carbocycles. The van der Waals surface area contributed by atoms with Gasteiger partial charge in [-0.15, -0.1) is 0 Å². The predicted octanol–water partition coefficient (Wildman–Crippen LogP) is 3.84. The van der Waals surface area contributed by atoms with Crippen LogP contribution in [0.25, 0.3) is 0 Å². The third-order valence-corrected chi connectivity index (χ3v) is 4.54. The lowest BCUT2D eigenvalue weighted by molar-refractivity contribution is -0.123. The molecule has 0 saturated heterocycles. The summed E-state index contributed by atoms with van der Waals surface area (Å²) in [5.41, 5.74) is 0.223. The fourth-order valence-electron chi connectivity index (χ4n) is 2.97. The Labute approximate surface area is 172 Å². The molecule has 7 heteroatoms. The molecular formula is C20H31Cl2N3O2. The number of benzene rings is 1. The number of carbonyl (C=O) groups is 2. The Balaban J connectivity index is 2.82. The van der Waals surface area contributed by atoms with Crippen LogP contribution in [0, 0.1) is 11.3 Å². The number of halogens is 2. The topological polar surface area (TPSA) is 61.4 Å². The second-order valence-electron chi connectivity index (χ2n) is 8.40. The van der Waals surface area contributed by atoms with E-state index >= 15 is 0 Å². The minimum absolute atomic E-state index is 0.0783. The summed E-state index contributed by atoms with van der Waals surface area (Å²) in [6.07, 6.45) is 0.539. The summed E-state index contributed by atoms with van der Waals surface area (Å²) < 4.78 is 0. The Morgan fingerprint density at radius 3 is 2.33 bits per heavy atom. The van der Waals surface area contributed by atoms with Crippen LogP contribution >= 0.6 is 23.2 Å². The van der Waals surface area contributed by atoms with Crippen molar-refractivity contribution in [1.82, 2.24) is 15.5 Å². The molecule has 152 valence electrons. The first-order valence-corrected chi connectivity index (χ1v) is 9.85. The van der Waals surface area contributed by atoms with E-state index in [9.17, 15) is 9.59 Å². The summed E-state index contributed by atoms with van der Waals surface area (Å²) in [5, 5.41) is 6.51. The summed E-state index contributed by atoms with van der Waals surface area (Å²) in [6.45, 7) is 9.58. The number of carbonyl (C=O) groups excluding carboxylic acids is 2. The SMILES string of the molecule is CC(C)CC(NC(=O)c1ccc(Cl)cc1Cl)C(=O)NCC(C)(C)CN(C)C. The fourth-order valence-corrected chi connectivity index (χ4v) is 3.47. The molecule has 0 bridgehead atoms. The van der Waals surface area contributed by atoms with Gasteiger partial charge in [0.1, 0.15) is 6.04 Å². The van der Waals surface area contributed by atoms with Crippen molar-refractivity contribution in [2.75, 3.05) is 27.2 Å². The third-order valence-electron chi connectivity index (χ3n) is 3.99. The van der Waals surface area contributed by atoms with Gasteiger partial charge in [0.2, 0.25) is 5.91 Å². The van der Waals surface area contributed by atoms with Crippen molar-refractivity contribution in [3.8, 4) is 0 Å². The molecule has 0 aromatic heterocycles. The number of nitrogens with one attached hydrogen (secondary N) is 2. The summed E-state index contributed by atoms with van der Waals surface area (Å²) in [6, 6.07) is 4.05. The Morgan fingerprint density at radius 1 is 1.19 bits per heavy atom. The summed E-state index contributed by atoms with van der Waals surface area (Å²) in [4.78, 5) is 27.4. The van der Waals surface area contributed by atoms with Crippen molar-refractivity contribution in [2.45, 2.75) is 40.2 Å². The molecule has 0 radical (unpaired) electrons. The Bertz CT molecular complexity index is 661. The highest BCUT2D eigenvalue weighted by Crippen LogP contribution is 2.21. The van der Waals surface area contributed by atoms with Crippen LogP contribution in [0.4, 0.5) is 0 Å². The zero-order valence-electron chi connectivity index (χ0n) is 17.0. The van der Waals surface area contributed by atoms with Crippen molar-refractivity contribution in [1.29, 1.82) is 0 Å². The maximum Gasteiger partial charge on any atom is 0.253 e. The molecule has 0 fully saturated rings. The highest BCUT2D eigenvalue weighted by atomic mass is 35.5. The third kappa shape index (κ3) is 8.50. The molecule has 0 aliphatic rings. The summed E-state index contributed by atoms with van der Waals surface area (Å²) in [7, 11) is 4.00. The lowest BCUT2D eigenvalue weighted by atomic mass is 9.92. The Morgan fingerprint density at radius 2 is 1.81 bits per heavy atom. The molecular weight excluding hydrogens is 385 g/mol. The quantitative estimate of drug-likeness (QED) is 0.643. The van der Waals surface area contributed by atoms with E-state index < -0.39 is 6.04 Å². The smallest absolute Gasteiger partial charge is 0.253 e. The molecule has 1 aromatic rings. The van der Waals surface area contributed by atoms with Gasteiger partial charge < -0.3 is 15.5 Å². The van der Waals surface area contributed by atoms with Crippen LogP contribution in [0.3, 0.4) is 0 Å². The molecule has 5 nitrogen and oxygen atoms in total. The van der Waals surface area contributed by atoms with E-state index in [0.29, 0.717) is 23.6 Å². The molecule has 1 atom stereocenters. The van der Waals surface area contributed by atoms with E-state index in [-0.39, 0.29) is 28.2 Å². The van der Waals surface area contributed by atoms with Crippen molar-refractivity contribution in [3.63, 3.8) is 0 Å². The lowest BCUT2D eigenvalue weighted by Crippen LogP contribution is -2.50. The van der Waals surface area contributed by atoms with Gasteiger partial charge in [0.15, 0.2) is 0 Å². The van der Waals surface area contributed by atoms with Crippen molar-refractivity contribution < 1.29 is 9.59 Å². The first-order valence-electron chi connectivity index (χ1n) is 9.09. The highest BCUT2D eigenvalue weighted by molar-refractivity contribution is 6.36. The van der Waals surface area contributed by atoms with Gasteiger partial charge in [-0.1, -0.05) is 50.9 Å². The molecule has 2 N–H and O–H groups in total. The molecule has 2 amide bonds. The van der Waals surface area contributed by atoms with Gasteiger partial charge in [-0.2, -0.15) is 0 Å². The lowest BCUT2D eigenvalue weighted by Gasteiger charge is -2.29. The van der Waals surface area contributed by atoms with Crippen LogP contribution < -0.4 is 10.6 Å². The zero-order chi connectivity index (χ0) is 20.8. The maximum absolute atomic E-state index is 12.7. The zero-order valence-corrected chi connectivity index (χ0v) is 18.5. The summed E-state index contributed by atoms with van der Waals surface area (Å²) in [5.74, 6) is -0.324. The van der Waals surface area contributed by atoms with Crippen LogP contribution in [0.15, 0.2) is 18.2 Å². The van der Waals surface area contributed by atoms with Gasteiger partial charge >= 0.3 is 0 Å². The van der Waals surface area contributed by atoms with E-state index in [1.807, 2.05) is 27.9 Å². The van der Waals surface area contributed by atoms with Gasteiger partial charge in [-0.3, -0.25) is 9.59 Å². The van der Waals surface area contributed by atoms with Gasteiger partial charge in [0.05, 0.1) is 10.6 Å². The van der Waals surface area contributed by atoms with Gasteiger partial charge in [-0.05, 0) is 50.0 Å². The predicted molar refractivity (Wildman–Crippen MR) is 113 cm³/mol. The second-order valence-corrected chi connectivity index (χ2v) is 9.24. The molecule has 27 heavy (non-hydrogen) atoms. The van der Waals surface area contributed by atoms with Crippen LogP contribution in [-0.4, -0.2) is 49.9 Å². The molecule has 1 aromatic carbocycles. The van der Waals surface area contributed by atoms with Crippen molar-refractivity contribution >= 4 is 35.0 Å². The van der Waals surface area contributed by atoms with Gasteiger partial charge in [0.25, 0.3) is 5.91 Å². The maximum atomic E-state index is 12.7. The summed E-state index contributed by atoms with van der Waals surface area (Å²) >= 11 is 12.0. The van der Waals surface area contributed by atoms with Gasteiger partial charge in [0, 0.05) is 18.1 Å². The molecule has 1 unspecified atom stereocenters. The van der Waals surface area contributed by atoms with E-state index in [1.54, 1.807) is 12.1 Å². The largest absolute Gasteiger partial charge is 0.354 e. The minimum atomic E-state index is -0.626. The molecule has 0 spiro atoms. The number of nitrogens with zero attached hydrogens (tertiary/aromatic N) is 1. The number of hydrogen-bond acceptors (Lipinski definition) is 3. The minimum Gasteiger partial charge on any atom is -0.354 e. The van der Waals surface area contributed by atoms with Crippen LogP contribution in [0.5, 0.6) is 0 Å². The van der Waals surface area contributed by atoms with Crippen molar-refractivity contribution in [2.24, 2.45) is 11.3 Å². The van der Waals surface area contributed by atoms with Gasteiger partial charge in [-0.25, -0.2) is 0 Å².